The Morgan fingerprint density at radius 1 is 1.57 bits per heavy atom. The molecule has 0 fully saturated rings. The molecule has 0 heterocycles. The highest BCUT2D eigenvalue weighted by Gasteiger charge is 2.09. The Labute approximate surface area is 83.2 Å². The number of nitrogens with zero attached hydrogens (tertiary/aromatic N) is 1. The van der Waals surface area contributed by atoms with Crippen molar-refractivity contribution in [1.29, 1.82) is 5.26 Å². The van der Waals surface area contributed by atoms with E-state index in [-0.39, 0.29) is 18.3 Å². The van der Waals surface area contributed by atoms with Crippen molar-refractivity contribution in [1.82, 2.24) is 0 Å². The van der Waals surface area contributed by atoms with Crippen LogP contribution in [0, 0.1) is 17.1 Å². The summed E-state index contributed by atoms with van der Waals surface area (Å²) in [6, 6.07) is 6.26. The normalized spacial score (nSPS) is 12.1. The first-order valence-electron chi connectivity index (χ1n) is 4.60. The summed E-state index contributed by atoms with van der Waals surface area (Å²) in [6.07, 6.45) is 1.02. The Morgan fingerprint density at radius 2 is 2.29 bits per heavy atom. The van der Waals surface area contributed by atoms with Gasteiger partial charge in [-0.15, -0.1) is 0 Å². The van der Waals surface area contributed by atoms with Gasteiger partial charge in [0.25, 0.3) is 0 Å². The Morgan fingerprint density at radius 3 is 2.86 bits per heavy atom. The zero-order valence-corrected chi connectivity index (χ0v) is 8.13. The predicted molar refractivity (Wildman–Crippen MR) is 52.9 cm³/mol. The van der Waals surface area contributed by atoms with Crippen LogP contribution in [0.2, 0.25) is 0 Å². The van der Waals surface area contributed by atoms with E-state index in [0.29, 0.717) is 0 Å². The molecule has 2 N–H and O–H groups in total. The lowest BCUT2D eigenvalue weighted by Crippen LogP contribution is -2.11. The van der Waals surface area contributed by atoms with E-state index < -0.39 is 0 Å². The van der Waals surface area contributed by atoms with Gasteiger partial charge in [-0.2, -0.15) is 5.26 Å². The fourth-order valence-corrected chi connectivity index (χ4v) is 1.38. The molecule has 0 aliphatic heterocycles. The van der Waals surface area contributed by atoms with E-state index in [0.717, 1.165) is 17.5 Å². The summed E-state index contributed by atoms with van der Waals surface area (Å²) >= 11 is 0. The van der Waals surface area contributed by atoms with Crippen molar-refractivity contribution in [3.8, 4) is 6.07 Å². The number of halogens is 1. The van der Waals surface area contributed by atoms with Gasteiger partial charge < -0.3 is 5.73 Å². The van der Waals surface area contributed by atoms with Gasteiger partial charge in [0.15, 0.2) is 0 Å². The van der Waals surface area contributed by atoms with Crippen LogP contribution in [0.4, 0.5) is 4.39 Å². The molecule has 0 aliphatic carbocycles. The minimum Gasteiger partial charge on any atom is -0.324 e. The van der Waals surface area contributed by atoms with Crippen molar-refractivity contribution >= 4 is 0 Å². The van der Waals surface area contributed by atoms with E-state index in [1.54, 1.807) is 6.07 Å². The molecule has 0 saturated carbocycles. The Balaban J connectivity index is 3.10. The molecule has 14 heavy (non-hydrogen) atoms. The van der Waals surface area contributed by atoms with Crippen LogP contribution in [0.1, 0.15) is 30.5 Å². The van der Waals surface area contributed by atoms with Crippen molar-refractivity contribution in [3.63, 3.8) is 0 Å². The second-order valence-corrected chi connectivity index (χ2v) is 3.19. The highest BCUT2D eigenvalue weighted by molar-refractivity contribution is 5.32. The number of rotatable bonds is 3. The molecule has 0 saturated heterocycles. The molecule has 1 rings (SSSR count). The average molecular weight is 192 g/mol. The quantitative estimate of drug-likeness (QED) is 0.798. The van der Waals surface area contributed by atoms with Crippen LogP contribution in [-0.4, -0.2) is 0 Å². The van der Waals surface area contributed by atoms with Gasteiger partial charge in [0, 0.05) is 6.04 Å². The topological polar surface area (TPSA) is 49.8 Å². The lowest BCUT2D eigenvalue weighted by Gasteiger charge is -2.13. The van der Waals surface area contributed by atoms with Crippen molar-refractivity contribution in [2.45, 2.75) is 25.8 Å². The van der Waals surface area contributed by atoms with Gasteiger partial charge >= 0.3 is 0 Å². The summed E-state index contributed by atoms with van der Waals surface area (Å²) in [5.41, 5.74) is 7.39. The third kappa shape index (κ3) is 2.30. The van der Waals surface area contributed by atoms with Crippen LogP contribution in [0.3, 0.4) is 0 Å². The Kier molecular flexibility index (Phi) is 3.61. The molecule has 1 aromatic rings. The number of nitrogens with two attached hydrogens (primary N) is 1. The summed E-state index contributed by atoms with van der Waals surface area (Å²) in [4.78, 5) is 0. The molecular formula is C11H13FN2. The smallest absolute Gasteiger partial charge is 0.123 e. The highest BCUT2D eigenvalue weighted by atomic mass is 19.1. The summed E-state index contributed by atoms with van der Waals surface area (Å²) in [5, 5.41) is 8.58. The number of nitriles is 1. The third-order valence-corrected chi connectivity index (χ3v) is 2.22. The predicted octanol–water partition coefficient (Wildman–Crippen LogP) is 2.30. The molecule has 1 aromatic carbocycles. The first-order chi connectivity index (χ1) is 6.69. The first kappa shape index (κ1) is 10.7. The van der Waals surface area contributed by atoms with Gasteiger partial charge in [0.1, 0.15) is 5.82 Å². The van der Waals surface area contributed by atoms with E-state index in [2.05, 4.69) is 0 Å². The van der Waals surface area contributed by atoms with Crippen LogP contribution in [0.15, 0.2) is 18.2 Å². The minimum absolute atomic E-state index is 0.186. The van der Waals surface area contributed by atoms with Crippen LogP contribution in [0.5, 0.6) is 0 Å². The molecule has 74 valence electrons. The Bertz CT molecular complexity index is 355. The molecule has 0 spiro atoms. The minimum atomic E-state index is -0.300. The maximum Gasteiger partial charge on any atom is 0.123 e. The van der Waals surface area contributed by atoms with E-state index in [9.17, 15) is 4.39 Å². The lowest BCUT2D eigenvalue weighted by molar-refractivity contribution is 0.614. The molecule has 0 aromatic heterocycles. The molecule has 0 unspecified atom stereocenters. The van der Waals surface area contributed by atoms with Gasteiger partial charge in [-0.1, -0.05) is 13.0 Å². The van der Waals surface area contributed by atoms with Gasteiger partial charge in [0.05, 0.1) is 12.5 Å². The van der Waals surface area contributed by atoms with E-state index in [1.165, 1.54) is 12.1 Å². The highest BCUT2D eigenvalue weighted by Crippen LogP contribution is 2.20. The summed E-state index contributed by atoms with van der Waals surface area (Å²) in [5.74, 6) is -0.300. The number of hydrogen-bond acceptors (Lipinski definition) is 2. The molecule has 0 bridgehead atoms. The van der Waals surface area contributed by atoms with Crippen molar-refractivity contribution < 1.29 is 4.39 Å². The maximum absolute atomic E-state index is 12.9. The lowest BCUT2D eigenvalue weighted by atomic mass is 9.97. The molecule has 0 amide bonds. The standard InChI is InChI=1S/C11H13FN2/c1-2-11(14)10-7-9(12)4-3-8(10)5-6-13/h3-4,7,11H,2,5,14H2,1H3/t11-/m1/s1. The average Bonchev–Trinajstić information content (AvgIpc) is 2.20. The molecular weight excluding hydrogens is 179 g/mol. The van der Waals surface area contributed by atoms with Crippen molar-refractivity contribution in [3.05, 3.63) is 35.1 Å². The van der Waals surface area contributed by atoms with Gasteiger partial charge in [-0.3, -0.25) is 0 Å². The summed E-state index contributed by atoms with van der Waals surface area (Å²) < 4.78 is 12.9. The second-order valence-electron chi connectivity index (χ2n) is 3.19. The summed E-state index contributed by atoms with van der Waals surface area (Å²) in [6.45, 7) is 1.94. The van der Waals surface area contributed by atoms with E-state index in [4.69, 9.17) is 11.0 Å². The Hall–Kier alpha value is -1.40. The fraction of sp³-hybridized carbons (Fsp3) is 0.364. The molecule has 0 radical (unpaired) electrons. The van der Waals surface area contributed by atoms with E-state index in [1.807, 2.05) is 13.0 Å². The molecule has 0 aliphatic rings. The van der Waals surface area contributed by atoms with Crippen LogP contribution in [-0.2, 0) is 6.42 Å². The first-order valence-corrected chi connectivity index (χ1v) is 4.60. The molecule has 1 atom stereocenters. The van der Waals surface area contributed by atoms with Crippen molar-refractivity contribution in [2.75, 3.05) is 0 Å². The van der Waals surface area contributed by atoms with E-state index >= 15 is 0 Å². The molecule has 2 nitrogen and oxygen atoms in total. The number of benzene rings is 1. The monoisotopic (exact) mass is 192 g/mol. The zero-order valence-electron chi connectivity index (χ0n) is 8.13. The van der Waals surface area contributed by atoms with Gasteiger partial charge in [-0.05, 0) is 29.7 Å². The third-order valence-electron chi connectivity index (χ3n) is 2.22. The SMILES string of the molecule is CC[C@@H](N)c1cc(F)ccc1CC#N. The van der Waals surface area contributed by atoms with Crippen LogP contribution in [0.25, 0.3) is 0 Å². The largest absolute Gasteiger partial charge is 0.324 e. The van der Waals surface area contributed by atoms with Crippen molar-refractivity contribution in [2.24, 2.45) is 5.73 Å². The van der Waals surface area contributed by atoms with Crippen LogP contribution >= 0.6 is 0 Å². The zero-order chi connectivity index (χ0) is 10.6. The maximum atomic E-state index is 12.9. The van der Waals surface area contributed by atoms with Gasteiger partial charge in [0.2, 0.25) is 0 Å². The fourth-order valence-electron chi connectivity index (χ4n) is 1.38. The summed E-state index contributed by atoms with van der Waals surface area (Å²) in [7, 11) is 0. The van der Waals surface area contributed by atoms with Crippen LogP contribution < -0.4 is 5.73 Å². The molecule has 3 heteroatoms. The number of hydrogen-bond donors (Lipinski definition) is 1. The second kappa shape index (κ2) is 4.73. The van der Waals surface area contributed by atoms with Gasteiger partial charge in [-0.25, -0.2) is 4.39 Å².